The van der Waals surface area contributed by atoms with Crippen molar-refractivity contribution in [3.8, 4) is 0 Å². The maximum absolute atomic E-state index is 14.1. The molecule has 0 aromatic heterocycles. The lowest BCUT2D eigenvalue weighted by molar-refractivity contribution is -0.137. The van der Waals surface area contributed by atoms with Gasteiger partial charge in [0.25, 0.3) is 0 Å². The number of benzene rings is 1. The molecule has 3 rings (SSSR count). The van der Waals surface area contributed by atoms with E-state index in [1.54, 1.807) is 0 Å². The van der Waals surface area contributed by atoms with Crippen LogP contribution in [0.25, 0.3) is 0 Å². The van der Waals surface area contributed by atoms with Crippen molar-refractivity contribution in [2.75, 3.05) is 18.0 Å². The van der Waals surface area contributed by atoms with E-state index in [1.807, 2.05) is 4.90 Å². The second kappa shape index (κ2) is 5.48. The van der Waals surface area contributed by atoms with Crippen molar-refractivity contribution in [2.45, 2.75) is 43.9 Å². The first-order valence-electron chi connectivity index (χ1n) is 7.32. The molecule has 1 aromatic carbocycles. The summed E-state index contributed by atoms with van der Waals surface area (Å²) in [7, 11) is 0. The summed E-state index contributed by atoms with van der Waals surface area (Å²) in [6, 6.07) is 3.40. The van der Waals surface area contributed by atoms with Crippen molar-refractivity contribution >= 4 is 5.69 Å². The average Bonchev–Trinajstić information content (AvgIpc) is 3.13. The number of hydrogen-bond donors (Lipinski definition) is 1. The molecule has 1 aliphatic heterocycles. The molecule has 1 atom stereocenters. The highest BCUT2D eigenvalue weighted by Gasteiger charge is 2.35. The van der Waals surface area contributed by atoms with Gasteiger partial charge in [0.05, 0.1) is 11.3 Å². The molecule has 1 saturated heterocycles. The van der Waals surface area contributed by atoms with Crippen LogP contribution in [0.2, 0.25) is 0 Å². The van der Waals surface area contributed by atoms with Gasteiger partial charge in [-0.05, 0) is 50.4 Å². The Hall–Kier alpha value is -1.30. The lowest BCUT2D eigenvalue weighted by Gasteiger charge is -2.28. The molecule has 116 valence electrons. The standard InChI is InChI=1S/C15H18F4N2/c16-13-8-10(15(17,18)19)3-6-14(13)21(12-4-5-12)9-11-2-1-7-20-11/h3,6,8,11-12,20H,1-2,4-5,7,9H2. The summed E-state index contributed by atoms with van der Waals surface area (Å²) in [5.74, 6) is -0.783. The molecule has 0 radical (unpaired) electrons. The molecule has 1 aliphatic carbocycles. The van der Waals surface area contributed by atoms with Crippen molar-refractivity contribution in [1.29, 1.82) is 0 Å². The van der Waals surface area contributed by atoms with Crippen molar-refractivity contribution < 1.29 is 17.6 Å². The number of nitrogens with zero attached hydrogens (tertiary/aromatic N) is 1. The van der Waals surface area contributed by atoms with Crippen LogP contribution in [0.3, 0.4) is 0 Å². The fraction of sp³-hybridized carbons (Fsp3) is 0.600. The first-order valence-corrected chi connectivity index (χ1v) is 7.32. The summed E-state index contributed by atoms with van der Waals surface area (Å²) in [5.41, 5.74) is -0.641. The van der Waals surface area contributed by atoms with E-state index in [2.05, 4.69) is 5.32 Å². The topological polar surface area (TPSA) is 15.3 Å². The van der Waals surface area contributed by atoms with Gasteiger partial charge in [0.15, 0.2) is 0 Å². The highest BCUT2D eigenvalue weighted by molar-refractivity contribution is 5.52. The monoisotopic (exact) mass is 302 g/mol. The largest absolute Gasteiger partial charge is 0.416 e. The second-order valence-corrected chi connectivity index (χ2v) is 5.84. The van der Waals surface area contributed by atoms with Crippen LogP contribution in [-0.2, 0) is 6.18 Å². The van der Waals surface area contributed by atoms with Crippen molar-refractivity contribution in [1.82, 2.24) is 5.32 Å². The summed E-state index contributed by atoms with van der Waals surface area (Å²) in [6.45, 7) is 1.62. The number of nitrogens with one attached hydrogen (secondary N) is 1. The number of halogens is 4. The Balaban J connectivity index is 1.82. The van der Waals surface area contributed by atoms with E-state index in [0.717, 1.165) is 38.3 Å². The minimum atomic E-state index is -4.50. The zero-order valence-corrected chi connectivity index (χ0v) is 11.6. The first-order chi connectivity index (χ1) is 9.95. The SMILES string of the molecule is Fc1cc(C(F)(F)F)ccc1N(CC1CCCN1)C1CC1. The third kappa shape index (κ3) is 3.31. The average molecular weight is 302 g/mol. The molecular weight excluding hydrogens is 284 g/mol. The quantitative estimate of drug-likeness (QED) is 0.856. The fourth-order valence-corrected chi connectivity index (χ4v) is 2.90. The number of rotatable bonds is 4. The molecule has 1 unspecified atom stereocenters. The molecule has 1 aromatic rings. The van der Waals surface area contributed by atoms with Gasteiger partial charge in [-0.1, -0.05) is 0 Å². The maximum Gasteiger partial charge on any atom is 0.416 e. The van der Waals surface area contributed by atoms with Gasteiger partial charge in [-0.25, -0.2) is 4.39 Å². The number of hydrogen-bond acceptors (Lipinski definition) is 2. The van der Waals surface area contributed by atoms with Crippen LogP contribution in [0.1, 0.15) is 31.2 Å². The number of alkyl halides is 3. The molecule has 0 amide bonds. The smallest absolute Gasteiger partial charge is 0.365 e. The predicted octanol–water partition coefficient (Wildman–Crippen LogP) is 3.57. The fourth-order valence-electron chi connectivity index (χ4n) is 2.90. The zero-order valence-electron chi connectivity index (χ0n) is 11.6. The highest BCUT2D eigenvalue weighted by atomic mass is 19.4. The summed E-state index contributed by atoms with van der Waals surface area (Å²) < 4.78 is 52.0. The van der Waals surface area contributed by atoms with E-state index in [0.29, 0.717) is 24.3 Å². The second-order valence-electron chi connectivity index (χ2n) is 5.84. The van der Waals surface area contributed by atoms with Gasteiger partial charge in [-0.2, -0.15) is 13.2 Å². The minimum Gasteiger partial charge on any atom is -0.365 e. The molecule has 1 saturated carbocycles. The van der Waals surface area contributed by atoms with Crippen molar-refractivity contribution in [3.05, 3.63) is 29.6 Å². The Morgan fingerprint density at radius 2 is 1.95 bits per heavy atom. The van der Waals surface area contributed by atoms with Gasteiger partial charge in [-0.3, -0.25) is 0 Å². The zero-order chi connectivity index (χ0) is 15.0. The molecular formula is C15H18F4N2. The summed E-state index contributed by atoms with van der Waals surface area (Å²) in [6.07, 6.45) is -0.415. The van der Waals surface area contributed by atoms with Gasteiger partial charge in [0, 0.05) is 18.6 Å². The first kappa shape index (κ1) is 14.6. The molecule has 2 aliphatic rings. The molecule has 21 heavy (non-hydrogen) atoms. The summed E-state index contributed by atoms with van der Waals surface area (Å²) >= 11 is 0. The molecule has 0 spiro atoms. The van der Waals surface area contributed by atoms with Crippen LogP contribution in [0.4, 0.5) is 23.2 Å². The van der Waals surface area contributed by atoms with Gasteiger partial charge in [-0.15, -0.1) is 0 Å². The van der Waals surface area contributed by atoms with Crippen LogP contribution in [0.5, 0.6) is 0 Å². The summed E-state index contributed by atoms with van der Waals surface area (Å²) in [5, 5.41) is 3.35. The van der Waals surface area contributed by atoms with Crippen LogP contribution in [0, 0.1) is 5.82 Å². The Kier molecular flexibility index (Phi) is 3.82. The minimum absolute atomic E-state index is 0.263. The van der Waals surface area contributed by atoms with Gasteiger partial charge < -0.3 is 10.2 Å². The van der Waals surface area contributed by atoms with Crippen molar-refractivity contribution in [2.24, 2.45) is 0 Å². The third-order valence-electron chi connectivity index (χ3n) is 4.15. The van der Waals surface area contributed by atoms with E-state index in [9.17, 15) is 17.6 Å². The van der Waals surface area contributed by atoms with E-state index in [1.165, 1.54) is 6.07 Å². The van der Waals surface area contributed by atoms with E-state index >= 15 is 0 Å². The Morgan fingerprint density at radius 1 is 1.19 bits per heavy atom. The lowest BCUT2D eigenvalue weighted by atomic mass is 10.1. The lowest BCUT2D eigenvalue weighted by Crippen LogP contribution is -2.39. The molecule has 1 N–H and O–H groups in total. The van der Waals surface area contributed by atoms with Gasteiger partial charge >= 0.3 is 6.18 Å². The third-order valence-corrected chi connectivity index (χ3v) is 4.15. The van der Waals surface area contributed by atoms with E-state index < -0.39 is 17.6 Å². The molecule has 6 heteroatoms. The number of anilines is 1. The molecule has 2 nitrogen and oxygen atoms in total. The van der Waals surface area contributed by atoms with Gasteiger partial charge in [0.2, 0.25) is 0 Å². The normalized spacial score (nSPS) is 22.6. The van der Waals surface area contributed by atoms with E-state index in [4.69, 9.17) is 0 Å². The van der Waals surface area contributed by atoms with Crippen LogP contribution >= 0.6 is 0 Å². The molecule has 2 fully saturated rings. The predicted molar refractivity (Wildman–Crippen MR) is 72.8 cm³/mol. The molecule has 1 heterocycles. The molecule has 0 bridgehead atoms. The Labute approximate surface area is 121 Å². The van der Waals surface area contributed by atoms with Crippen molar-refractivity contribution in [3.63, 3.8) is 0 Å². The van der Waals surface area contributed by atoms with Crippen LogP contribution in [-0.4, -0.2) is 25.2 Å². The summed E-state index contributed by atoms with van der Waals surface area (Å²) in [4.78, 5) is 1.93. The van der Waals surface area contributed by atoms with Gasteiger partial charge in [0.1, 0.15) is 5.82 Å². The Bertz CT molecular complexity index is 505. The van der Waals surface area contributed by atoms with E-state index in [-0.39, 0.29) is 6.04 Å². The Morgan fingerprint density at radius 3 is 2.48 bits per heavy atom. The maximum atomic E-state index is 14.1. The van der Waals surface area contributed by atoms with Crippen LogP contribution < -0.4 is 10.2 Å². The highest BCUT2D eigenvalue weighted by Crippen LogP contribution is 2.36. The van der Waals surface area contributed by atoms with Crippen LogP contribution in [0.15, 0.2) is 18.2 Å².